The van der Waals surface area contributed by atoms with Crippen molar-refractivity contribution in [2.45, 2.75) is 0 Å². The minimum atomic E-state index is -1.26. The minimum Gasteiger partial charge on any atom is -0.475 e. The second kappa shape index (κ2) is 2.83. The van der Waals surface area contributed by atoms with E-state index >= 15 is 0 Å². The Labute approximate surface area is 76.7 Å². The average molecular weight is 195 g/mol. The number of aromatic nitrogens is 4. The quantitative estimate of drug-likeness (QED) is 0.601. The molecule has 2 aromatic rings. The topological polar surface area (TPSA) is 131 Å². The highest BCUT2D eigenvalue weighted by molar-refractivity contribution is 5.83. The lowest BCUT2D eigenvalue weighted by Crippen LogP contribution is -1.98. The molecule has 0 atom stereocenters. The van der Waals surface area contributed by atoms with Crippen molar-refractivity contribution in [1.82, 2.24) is 20.3 Å². The number of hydrogen-bond donors (Lipinski definition) is 3. The summed E-state index contributed by atoms with van der Waals surface area (Å²) in [7, 11) is 0. The first-order chi connectivity index (χ1) is 6.68. The molecule has 0 aliphatic heterocycles. The number of nitrogens with two attached hydrogens (primary N) is 1. The molecule has 2 rings (SSSR count). The van der Waals surface area contributed by atoms with Gasteiger partial charge in [0, 0.05) is 0 Å². The number of nitrogens with zero attached hydrogens (tertiary/aromatic N) is 3. The molecule has 0 radical (unpaired) electrons. The van der Waals surface area contributed by atoms with E-state index in [4.69, 9.17) is 10.8 Å². The molecular formula is C6H5N5O3. The van der Waals surface area contributed by atoms with Crippen LogP contribution in [0.1, 0.15) is 10.6 Å². The molecule has 0 aliphatic carbocycles. The van der Waals surface area contributed by atoms with Crippen molar-refractivity contribution >= 4 is 11.8 Å². The van der Waals surface area contributed by atoms with Crippen molar-refractivity contribution in [2.75, 3.05) is 5.73 Å². The highest BCUT2D eigenvalue weighted by Gasteiger charge is 2.16. The molecule has 8 nitrogen and oxygen atoms in total. The third kappa shape index (κ3) is 1.18. The summed E-state index contributed by atoms with van der Waals surface area (Å²) in [6, 6.07) is 0. The smallest absolute Gasteiger partial charge is 0.377 e. The maximum Gasteiger partial charge on any atom is 0.377 e. The molecule has 72 valence electrons. The molecule has 2 aromatic heterocycles. The summed E-state index contributed by atoms with van der Waals surface area (Å²) in [5, 5.41) is 17.8. The van der Waals surface area contributed by atoms with Crippen molar-refractivity contribution in [1.29, 1.82) is 0 Å². The highest BCUT2D eigenvalue weighted by Crippen LogP contribution is 2.20. The Bertz CT molecular complexity index is 473. The Morgan fingerprint density at radius 2 is 2.43 bits per heavy atom. The van der Waals surface area contributed by atoms with Crippen LogP contribution in [-0.4, -0.2) is 31.4 Å². The van der Waals surface area contributed by atoms with Crippen LogP contribution in [0.5, 0.6) is 0 Å². The lowest BCUT2D eigenvalue weighted by Gasteiger charge is -1.87. The molecule has 8 heteroatoms. The van der Waals surface area contributed by atoms with E-state index in [1.54, 1.807) is 0 Å². The maximum atomic E-state index is 10.4. The fourth-order valence-electron chi connectivity index (χ4n) is 0.886. The van der Waals surface area contributed by atoms with Crippen LogP contribution >= 0.6 is 0 Å². The molecule has 0 unspecified atom stereocenters. The van der Waals surface area contributed by atoms with Gasteiger partial charge < -0.3 is 15.4 Å². The van der Waals surface area contributed by atoms with Gasteiger partial charge in [0.05, 0.1) is 6.20 Å². The summed E-state index contributed by atoms with van der Waals surface area (Å²) in [5.41, 5.74) is 5.84. The molecule has 0 spiro atoms. The fraction of sp³-hybridized carbons (Fsp3) is 0. The van der Waals surface area contributed by atoms with E-state index in [0.717, 1.165) is 0 Å². The van der Waals surface area contributed by atoms with E-state index in [2.05, 4.69) is 24.9 Å². The van der Waals surface area contributed by atoms with Crippen molar-refractivity contribution in [3.63, 3.8) is 0 Å². The molecule has 14 heavy (non-hydrogen) atoms. The van der Waals surface area contributed by atoms with E-state index in [9.17, 15) is 4.79 Å². The molecule has 0 aromatic carbocycles. The number of rotatable bonds is 2. The van der Waals surface area contributed by atoms with Crippen LogP contribution in [-0.2, 0) is 0 Å². The van der Waals surface area contributed by atoms with Gasteiger partial charge in [-0.2, -0.15) is 10.1 Å². The first-order valence-electron chi connectivity index (χ1n) is 3.54. The van der Waals surface area contributed by atoms with Gasteiger partial charge in [0.25, 0.3) is 11.7 Å². The number of H-pyrrole nitrogens is 1. The molecule has 0 bridgehead atoms. The van der Waals surface area contributed by atoms with Crippen LogP contribution in [0.15, 0.2) is 10.7 Å². The number of nitrogens with one attached hydrogen (secondary N) is 1. The van der Waals surface area contributed by atoms with Gasteiger partial charge >= 0.3 is 5.97 Å². The van der Waals surface area contributed by atoms with Crippen molar-refractivity contribution in [3.8, 4) is 11.5 Å². The minimum absolute atomic E-state index is 0.0219. The molecular weight excluding hydrogens is 190 g/mol. The van der Waals surface area contributed by atoms with Gasteiger partial charge in [0.1, 0.15) is 11.4 Å². The molecule has 4 N–H and O–H groups in total. The first-order valence-corrected chi connectivity index (χ1v) is 3.54. The van der Waals surface area contributed by atoms with Crippen LogP contribution in [0.3, 0.4) is 0 Å². The highest BCUT2D eigenvalue weighted by atomic mass is 16.5. The van der Waals surface area contributed by atoms with E-state index in [1.807, 2.05) is 0 Å². The zero-order chi connectivity index (χ0) is 10.1. The summed E-state index contributed by atoms with van der Waals surface area (Å²) in [4.78, 5) is 14.0. The number of carboxylic acid groups (broad SMARTS) is 1. The Kier molecular flexibility index (Phi) is 1.67. The zero-order valence-corrected chi connectivity index (χ0v) is 6.76. The van der Waals surface area contributed by atoms with Crippen molar-refractivity contribution < 1.29 is 14.4 Å². The predicted octanol–water partition coefficient (Wildman–Crippen LogP) is -0.260. The zero-order valence-electron chi connectivity index (χ0n) is 6.76. The number of aromatic amines is 1. The lowest BCUT2D eigenvalue weighted by molar-refractivity contribution is 0.0680. The largest absolute Gasteiger partial charge is 0.475 e. The van der Waals surface area contributed by atoms with Crippen LogP contribution in [0, 0.1) is 0 Å². The van der Waals surface area contributed by atoms with Gasteiger partial charge in [-0.1, -0.05) is 0 Å². The van der Waals surface area contributed by atoms with Gasteiger partial charge in [-0.25, -0.2) is 4.79 Å². The second-order valence-corrected chi connectivity index (χ2v) is 2.43. The molecule has 0 saturated carbocycles. The third-order valence-corrected chi connectivity index (χ3v) is 1.52. The van der Waals surface area contributed by atoms with E-state index in [-0.39, 0.29) is 11.7 Å². The van der Waals surface area contributed by atoms with Crippen LogP contribution < -0.4 is 5.73 Å². The molecule has 0 saturated heterocycles. The third-order valence-electron chi connectivity index (χ3n) is 1.52. The summed E-state index contributed by atoms with van der Waals surface area (Å²) < 4.78 is 4.67. The molecule has 0 fully saturated rings. The van der Waals surface area contributed by atoms with Crippen molar-refractivity contribution in [3.05, 3.63) is 12.0 Å². The summed E-state index contributed by atoms with van der Waals surface area (Å²) in [5.74, 6) is -1.41. The fourth-order valence-corrected chi connectivity index (χ4v) is 0.886. The second-order valence-electron chi connectivity index (χ2n) is 2.43. The molecule has 0 aliphatic rings. The van der Waals surface area contributed by atoms with Gasteiger partial charge in [-0.3, -0.25) is 5.10 Å². The van der Waals surface area contributed by atoms with Crippen LogP contribution in [0.4, 0.5) is 5.82 Å². The Balaban J connectivity index is 2.43. The first kappa shape index (κ1) is 8.23. The number of anilines is 1. The SMILES string of the molecule is Nc1[nH]ncc1-c1nc(C(=O)O)no1. The monoisotopic (exact) mass is 195 g/mol. The number of aromatic carboxylic acids is 1. The molecule has 2 heterocycles. The maximum absolute atomic E-state index is 10.4. The Morgan fingerprint density at radius 3 is 2.93 bits per heavy atom. The van der Waals surface area contributed by atoms with Crippen molar-refractivity contribution in [2.24, 2.45) is 0 Å². The normalized spacial score (nSPS) is 10.3. The summed E-state index contributed by atoms with van der Waals surface area (Å²) in [6.07, 6.45) is 1.37. The van der Waals surface area contributed by atoms with Crippen LogP contribution in [0.2, 0.25) is 0 Å². The number of carbonyl (C=O) groups is 1. The van der Waals surface area contributed by atoms with E-state index in [0.29, 0.717) is 5.56 Å². The summed E-state index contributed by atoms with van der Waals surface area (Å²) in [6.45, 7) is 0. The molecule has 0 amide bonds. The number of hydrogen-bond acceptors (Lipinski definition) is 6. The predicted molar refractivity (Wildman–Crippen MR) is 43.3 cm³/mol. The number of carboxylic acids is 1. The Hall–Kier alpha value is -2.38. The summed E-state index contributed by atoms with van der Waals surface area (Å²) >= 11 is 0. The number of nitrogen functional groups attached to an aromatic ring is 1. The van der Waals surface area contributed by atoms with Crippen LogP contribution in [0.25, 0.3) is 11.5 Å². The standard InChI is InChI=1S/C6H5N5O3/c7-3-2(1-8-10-3)5-9-4(6(12)13)11-14-5/h1H,(H,12,13)(H3,7,8,10). The van der Waals surface area contributed by atoms with E-state index < -0.39 is 11.8 Å². The van der Waals surface area contributed by atoms with Gasteiger partial charge in [0.2, 0.25) is 0 Å². The van der Waals surface area contributed by atoms with Gasteiger partial charge in [-0.15, -0.1) is 0 Å². The van der Waals surface area contributed by atoms with Gasteiger partial charge in [0.15, 0.2) is 0 Å². The lowest BCUT2D eigenvalue weighted by atomic mass is 10.3. The average Bonchev–Trinajstić information content (AvgIpc) is 2.71. The Morgan fingerprint density at radius 1 is 1.64 bits per heavy atom. The van der Waals surface area contributed by atoms with E-state index in [1.165, 1.54) is 6.20 Å². The van der Waals surface area contributed by atoms with Gasteiger partial charge in [-0.05, 0) is 5.16 Å².